The molecule has 0 fully saturated rings. The van der Waals surface area contributed by atoms with Gasteiger partial charge in [0.25, 0.3) is 0 Å². The normalized spacial score (nSPS) is 11.7. The molecular formula is C61H53IrN3OSi-2. The summed E-state index contributed by atoms with van der Waals surface area (Å²) in [5.41, 5.74) is 15.2. The number of aromatic nitrogens is 3. The second kappa shape index (κ2) is 18.9. The molecule has 0 bridgehead atoms. The summed E-state index contributed by atoms with van der Waals surface area (Å²) < 4.78 is 9.10. The number of fused-ring (bicyclic) bond motifs is 5. The fourth-order valence-corrected chi connectivity index (χ4v) is 10.1. The van der Waals surface area contributed by atoms with Gasteiger partial charge in [-0.15, -0.1) is 47.3 Å². The predicted molar refractivity (Wildman–Crippen MR) is 281 cm³/mol. The van der Waals surface area contributed by atoms with Crippen LogP contribution in [0, 0.1) is 12.1 Å². The molecule has 11 aromatic rings. The topological polar surface area (TPSA) is 43.9 Å². The van der Waals surface area contributed by atoms with Crippen LogP contribution in [0.1, 0.15) is 50.7 Å². The van der Waals surface area contributed by atoms with Crippen LogP contribution in [0.3, 0.4) is 0 Å². The van der Waals surface area contributed by atoms with Crippen molar-refractivity contribution in [2.24, 2.45) is 0 Å². The maximum Gasteiger partial charge on any atom is 0.121 e. The first-order valence-corrected chi connectivity index (χ1v) is 26.5. The summed E-state index contributed by atoms with van der Waals surface area (Å²) >= 11 is 0. The van der Waals surface area contributed by atoms with Gasteiger partial charge in [-0.3, -0.25) is 4.98 Å². The molecule has 0 atom stereocenters. The molecule has 0 aliphatic heterocycles. The van der Waals surface area contributed by atoms with Gasteiger partial charge in [-0.25, -0.2) is 0 Å². The van der Waals surface area contributed by atoms with Crippen molar-refractivity contribution in [1.82, 2.24) is 14.5 Å². The zero-order chi connectivity index (χ0) is 45.5. The van der Waals surface area contributed by atoms with Crippen LogP contribution in [0.5, 0.6) is 0 Å². The van der Waals surface area contributed by atoms with E-state index in [1.807, 2.05) is 24.4 Å². The predicted octanol–water partition coefficient (Wildman–Crippen LogP) is 16.2. The van der Waals surface area contributed by atoms with Crippen molar-refractivity contribution in [3.8, 4) is 50.6 Å². The molecule has 0 spiro atoms. The first-order valence-electron chi connectivity index (χ1n) is 23.0. The number of para-hydroxylation sites is 2. The fraction of sp³-hybridized carbons (Fsp3) is 0.148. The van der Waals surface area contributed by atoms with Crippen LogP contribution in [0.15, 0.2) is 187 Å². The Balaban J connectivity index is 0.000000224. The van der Waals surface area contributed by atoms with E-state index in [-0.39, 0.29) is 31.9 Å². The maximum atomic E-state index is 6.73. The Hall–Kier alpha value is -6.69. The van der Waals surface area contributed by atoms with Crippen molar-refractivity contribution in [2.45, 2.75) is 59.2 Å². The Kier molecular flexibility index (Phi) is 12.8. The van der Waals surface area contributed by atoms with Crippen LogP contribution in [-0.4, -0.2) is 22.6 Å². The number of nitrogens with zero attached hydrogens (tertiary/aromatic N) is 3. The van der Waals surface area contributed by atoms with Gasteiger partial charge in [-0.1, -0.05) is 185 Å². The van der Waals surface area contributed by atoms with E-state index in [0.29, 0.717) is 0 Å². The van der Waals surface area contributed by atoms with E-state index in [1.54, 1.807) is 0 Å². The molecule has 0 unspecified atom stereocenters. The number of hydrogen-bond acceptors (Lipinski definition) is 3. The van der Waals surface area contributed by atoms with Gasteiger partial charge in [0, 0.05) is 37.4 Å². The van der Waals surface area contributed by atoms with Gasteiger partial charge in [0.1, 0.15) is 5.58 Å². The van der Waals surface area contributed by atoms with Gasteiger partial charge in [-0.05, 0) is 86.4 Å². The van der Waals surface area contributed by atoms with Gasteiger partial charge < -0.3 is 14.0 Å². The van der Waals surface area contributed by atoms with Crippen molar-refractivity contribution in [2.75, 3.05) is 0 Å². The Morgan fingerprint density at radius 3 is 1.85 bits per heavy atom. The van der Waals surface area contributed by atoms with E-state index >= 15 is 0 Å². The zero-order valence-corrected chi connectivity index (χ0v) is 42.5. The molecule has 8 aromatic carbocycles. The summed E-state index contributed by atoms with van der Waals surface area (Å²) in [7, 11) is -1.28. The molecule has 333 valence electrons. The summed E-state index contributed by atoms with van der Waals surface area (Å²) in [4.78, 5) is 9.97. The van der Waals surface area contributed by atoms with E-state index < -0.39 is 8.07 Å². The van der Waals surface area contributed by atoms with E-state index in [9.17, 15) is 0 Å². The third-order valence-corrected chi connectivity index (χ3v) is 14.7. The van der Waals surface area contributed by atoms with Crippen LogP contribution in [-0.2, 0) is 20.1 Å². The zero-order valence-electron chi connectivity index (χ0n) is 39.1. The molecule has 6 heteroatoms. The molecule has 0 aliphatic rings. The standard InChI is InChI=1S/C43H35N2O.C18H18NSi.Ir/c1-27(2)36-24-32(30-16-9-6-10-17-30)25-37(28(3)4)41(36)45-39-21-12-11-20-38(39)44-43(45)35-19-13-18-34-33-23-22-31(26-40(33)46-42(34)35)29-14-7-5-8-15-29;1-20(2,3)15-11-12-18(19-13-15)17-10-6-8-14-7-4-5-9-16(14)17;/h5-18,20-28H,1-4H3;4-9,11-13H,1-3H3;/q2*-1;. The number of pyridine rings is 1. The second-order valence-corrected chi connectivity index (χ2v) is 23.9. The summed E-state index contributed by atoms with van der Waals surface area (Å²) in [6, 6.07) is 68.6. The van der Waals surface area contributed by atoms with Crippen molar-refractivity contribution < 1.29 is 24.5 Å². The van der Waals surface area contributed by atoms with Gasteiger partial charge in [0.15, 0.2) is 0 Å². The molecule has 0 N–H and O–H groups in total. The minimum atomic E-state index is -1.28. The first kappa shape index (κ1) is 45.5. The van der Waals surface area contributed by atoms with E-state index in [4.69, 9.17) is 9.40 Å². The summed E-state index contributed by atoms with van der Waals surface area (Å²) in [6.45, 7) is 16.2. The SMILES string of the molecule is CC(C)c1cc(-c2ccccc2)cc(C(C)C)c1-n1c(-c2[c-]ccc3c2oc2cc(-c4ccccc4)ccc23)nc2ccccc21.C[Si](C)(C)c1ccc(-c2[c-]ccc3ccccc23)nc1.[Ir]. The van der Waals surface area contributed by atoms with E-state index in [1.165, 1.54) is 49.5 Å². The van der Waals surface area contributed by atoms with Crippen molar-refractivity contribution in [1.29, 1.82) is 0 Å². The Labute approximate surface area is 408 Å². The van der Waals surface area contributed by atoms with E-state index in [2.05, 4.69) is 227 Å². The molecule has 1 radical (unpaired) electrons. The first-order chi connectivity index (χ1) is 32.0. The monoisotopic (exact) mass is 1060 g/mol. The average Bonchev–Trinajstić information content (AvgIpc) is 3.92. The van der Waals surface area contributed by atoms with Crippen molar-refractivity contribution in [3.63, 3.8) is 0 Å². The number of furan rings is 1. The molecule has 0 saturated carbocycles. The van der Waals surface area contributed by atoms with E-state index in [0.717, 1.165) is 61.2 Å². The molecular weight excluding hydrogens is 1010 g/mol. The van der Waals surface area contributed by atoms with Crippen LogP contribution in [0.25, 0.3) is 94.3 Å². The van der Waals surface area contributed by atoms with Gasteiger partial charge in [0.2, 0.25) is 0 Å². The van der Waals surface area contributed by atoms with Gasteiger partial charge >= 0.3 is 0 Å². The maximum absolute atomic E-state index is 6.73. The molecule has 3 heterocycles. The molecule has 0 amide bonds. The van der Waals surface area contributed by atoms with Crippen LogP contribution in [0.4, 0.5) is 0 Å². The summed E-state index contributed by atoms with van der Waals surface area (Å²) in [6.07, 6.45) is 2.04. The van der Waals surface area contributed by atoms with Crippen molar-refractivity contribution in [3.05, 3.63) is 205 Å². The minimum absolute atomic E-state index is 0. The molecule has 3 aromatic heterocycles. The van der Waals surface area contributed by atoms with Crippen LogP contribution < -0.4 is 5.19 Å². The number of hydrogen-bond donors (Lipinski definition) is 0. The smallest absolute Gasteiger partial charge is 0.121 e. The molecule has 0 aliphatic carbocycles. The number of imidazole rings is 1. The Bertz CT molecular complexity index is 3480. The molecule has 11 rings (SSSR count). The van der Waals surface area contributed by atoms with Crippen molar-refractivity contribution >= 4 is 57.0 Å². The average molecular weight is 1060 g/mol. The van der Waals surface area contributed by atoms with Crippen LogP contribution >= 0.6 is 0 Å². The Morgan fingerprint density at radius 2 is 1.18 bits per heavy atom. The Morgan fingerprint density at radius 1 is 0.552 bits per heavy atom. The number of benzene rings is 8. The molecule has 4 nitrogen and oxygen atoms in total. The minimum Gasteiger partial charge on any atom is -0.501 e. The summed E-state index contributed by atoms with van der Waals surface area (Å²) in [5, 5.41) is 5.99. The fourth-order valence-electron chi connectivity index (χ4n) is 9.11. The third-order valence-electron chi connectivity index (χ3n) is 12.7. The van der Waals surface area contributed by atoms with Crippen LogP contribution in [0.2, 0.25) is 19.6 Å². The molecule has 0 saturated heterocycles. The summed E-state index contributed by atoms with van der Waals surface area (Å²) in [5.74, 6) is 1.41. The molecule has 67 heavy (non-hydrogen) atoms. The van der Waals surface area contributed by atoms with Gasteiger partial charge in [0.05, 0.1) is 30.5 Å². The number of rotatable bonds is 8. The third kappa shape index (κ3) is 8.85. The quantitative estimate of drug-likeness (QED) is 0.113. The van der Waals surface area contributed by atoms with Gasteiger partial charge in [-0.2, -0.15) is 0 Å². The largest absolute Gasteiger partial charge is 0.501 e. The second-order valence-electron chi connectivity index (χ2n) is 18.8.